The molecule has 1 N–H and O–H groups in total. The molecule has 0 spiro atoms. The third-order valence-corrected chi connectivity index (χ3v) is 2.92. The van der Waals surface area contributed by atoms with E-state index >= 15 is 0 Å². The lowest BCUT2D eigenvalue weighted by atomic mass is 10.1. The molecule has 0 radical (unpaired) electrons. The van der Waals surface area contributed by atoms with Crippen molar-refractivity contribution < 1.29 is 0 Å². The average Bonchev–Trinajstić information content (AvgIpc) is 2.60. The molecule has 0 aliphatic heterocycles. The van der Waals surface area contributed by atoms with Gasteiger partial charge in [-0.05, 0) is 36.6 Å². The van der Waals surface area contributed by atoms with Crippen molar-refractivity contribution in [1.29, 1.82) is 0 Å². The van der Waals surface area contributed by atoms with Crippen LogP contribution in [0.2, 0.25) is 0 Å². The molecule has 0 saturated carbocycles. The largest absolute Gasteiger partial charge is 0.297 e. The minimum Gasteiger partial charge on any atom is -0.297 e. The minimum absolute atomic E-state index is 0.466. The zero-order valence-corrected chi connectivity index (χ0v) is 10.6. The van der Waals surface area contributed by atoms with Crippen molar-refractivity contribution >= 4 is 12.2 Å². The smallest absolute Gasteiger partial charge is 0.127 e. The lowest BCUT2D eigenvalue weighted by Crippen LogP contribution is -1.98. The Bertz CT molecular complexity index is 549. The highest BCUT2D eigenvalue weighted by Gasteiger charge is 2.05. The fourth-order valence-electron chi connectivity index (χ4n) is 1.67. The summed E-state index contributed by atoms with van der Waals surface area (Å²) in [5.41, 5.74) is 3.50. The van der Waals surface area contributed by atoms with Crippen molar-refractivity contribution in [1.82, 2.24) is 9.78 Å². The predicted octanol–water partition coefficient (Wildman–Crippen LogP) is 3.97. The van der Waals surface area contributed by atoms with Gasteiger partial charge in [0, 0.05) is 5.69 Å². The maximum Gasteiger partial charge on any atom is 0.127 e. The van der Waals surface area contributed by atoms with Crippen LogP contribution < -0.4 is 0 Å². The average molecular weight is 232 g/mol. The second kappa shape index (κ2) is 4.26. The molecule has 0 fully saturated rings. The third kappa shape index (κ3) is 2.09. The first-order valence-electron chi connectivity index (χ1n) is 5.47. The maximum absolute atomic E-state index is 5.35. The normalized spacial score (nSPS) is 11.0. The molecule has 3 heteroatoms. The number of aromatic amines is 1. The molecule has 0 saturated heterocycles. The van der Waals surface area contributed by atoms with Crippen LogP contribution in [0.4, 0.5) is 0 Å². The van der Waals surface area contributed by atoms with Gasteiger partial charge in [0.05, 0.1) is 5.69 Å². The highest BCUT2D eigenvalue weighted by atomic mass is 32.1. The summed E-state index contributed by atoms with van der Waals surface area (Å²) in [7, 11) is 0. The SMILES string of the molecule is Cc1cccc(-n2[nH]c(C(C)C)cc2=S)c1. The third-order valence-electron chi connectivity index (χ3n) is 2.62. The summed E-state index contributed by atoms with van der Waals surface area (Å²) in [6.45, 7) is 6.39. The van der Waals surface area contributed by atoms with Crippen LogP contribution in [-0.4, -0.2) is 9.78 Å². The fourth-order valence-corrected chi connectivity index (χ4v) is 1.95. The summed E-state index contributed by atoms with van der Waals surface area (Å²) in [5, 5.41) is 3.34. The van der Waals surface area contributed by atoms with E-state index in [0.29, 0.717) is 5.92 Å². The van der Waals surface area contributed by atoms with E-state index in [2.05, 4.69) is 44.1 Å². The number of benzene rings is 1. The number of nitrogens with one attached hydrogen (secondary N) is 1. The second-order valence-corrected chi connectivity index (χ2v) is 4.80. The topological polar surface area (TPSA) is 20.7 Å². The van der Waals surface area contributed by atoms with Crippen LogP contribution in [0.5, 0.6) is 0 Å². The molecule has 2 aromatic rings. The van der Waals surface area contributed by atoms with Gasteiger partial charge in [0.1, 0.15) is 4.64 Å². The van der Waals surface area contributed by atoms with Crippen molar-refractivity contribution in [3.05, 3.63) is 46.2 Å². The molecule has 2 rings (SSSR count). The molecule has 0 unspecified atom stereocenters. The number of hydrogen-bond donors (Lipinski definition) is 1. The number of H-pyrrole nitrogens is 1. The van der Waals surface area contributed by atoms with Crippen LogP contribution >= 0.6 is 12.2 Å². The van der Waals surface area contributed by atoms with Gasteiger partial charge in [-0.3, -0.25) is 5.10 Å². The summed E-state index contributed by atoms with van der Waals surface area (Å²) in [5.74, 6) is 0.466. The molecule has 1 aromatic heterocycles. The van der Waals surface area contributed by atoms with E-state index in [-0.39, 0.29) is 0 Å². The summed E-state index contributed by atoms with van der Waals surface area (Å²) in [4.78, 5) is 0. The van der Waals surface area contributed by atoms with Crippen LogP contribution in [0, 0.1) is 11.6 Å². The number of aryl methyl sites for hydroxylation is 1. The summed E-state index contributed by atoms with van der Waals surface area (Å²) < 4.78 is 2.78. The van der Waals surface area contributed by atoms with E-state index in [1.807, 2.05) is 16.8 Å². The predicted molar refractivity (Wildman–Crippen MR) is 69.8 cm³/mol. The van der Waals surface area contributed by atoms with Gasteiger partial charge in [0.25, 0.3) is 0 Å². The Kier molecular flexibility index (Phi) is 2.97. The molecule has 0 bridgehead atoms. The van der Waals surface area contributed by atoms with E-state index in [9.17, 15) is 0 Å². The fraction of sp³-hybridized carbons (Fsp3) is 0.308. The van der Waals surface area contributed by atoms with Gasteiger partial charge in [0.2, 0.25) is 0 Å². The Balaban J connectivity index is 2.52. The van der Waals surface area contributed by atoms with Crippen molar-refractivity contribution in [2.75, 3.05) is 0 Å². The van der Waals surface area contributed by atoms with Crippen molar-refractivity contribution in [2.45, 2.75) is 26.7 Å². The molecule has 84 valence electrons. The quantitative estimate of drug-likeness (QED) is 0.777. The molecule has 1 heterocycles. The zero-order valence-electron chi connectivity index (χ0n) is 9.82. The van der Waals surface area contributed by atoms with E-state index in [1.54, 1.807) is 0 Å². The van der Waals surface area contributed by atoms with Crippen LogP contribution in [0.1, 0.15) is 31.0 Å². The minimum atomic E-state index is 0.466. The first-order chi connectivity index (χ1) is 7.58. The lowest BCUT2D eigenvalue weighted by molar-refractivity contribution is 0.765. The summed E-state index contributed by atoms with van der Waals surface area (Å²) in [6, 6.07) is 10.3. The van der Waals surface area contributed by atoms with Gasteiger partial charge in [-0.25, -0.2) is 4.68 Å². The Labute approximate surface area is 101 Å². The summed E-state index contributed by atoms with van der Waals surface area (Å²) in [6.07, 6.45) is 0. The van der Waals surface area contributed by atoms with Gasteiger partial charge < -0.3 is 0 Å². The van der Waals surface area contributed by atoms with Crippen molar-refractivity contribution in [3.63, 3.8) is 0 Å². The van der Waals surface area contributed by atoms with Crippen molar-refractivity contribution in [2.24, 2.45) is 0 Å². The number of nitrogens with zero attached hydrogens (tertiary/aromatic N) is 1. The number of aromatic nitrogens is 2. The van der Waals surface area contributed by atoms with E-state index in [1.165, 1.54) is 11.3 Å². The van der Waals surface area contributed by atoms with E-state index in [4.69, 9.17) is 12.2 Å². The number of rotatable bonds is 2. The monoisotopic (exact) mass is 232 g/mol. The van der Waals surface area contributed by atoms with Crippen molar-refractivity contribution in [3.8, 4) is 5.69 Å². The lowest BCUT2D eigenvalue weighted by Gasteiger charge is -2.05. The Hall–Kier alpha value is -1.35. The number of hydrogen-bond acceptors (Lipinski definition) is 1. The van der Waals surface area contributed by atoms with Gasteiger partial charge in [-0.2, -0.15) is 0 Å². The van der Waals surface area contributed by atoms with Gasteiger partial charge in [0.15, 0.2) is 0 Å². The van der Waals surface area contributed by atoms with Crippen LogP contribution in [0.15, 0.2) is 30.3 Å². The Morgan fingerprint density at radius 1 is 1.25 bits per heavy atom. The molecular formula is C13H16N2S. The van der Waals surface area contributed by atoms with E-state index in [0.717, 1.165) is 10.3 Å². The van der Waals surface area contributed by atoms with Gasteiger partial charge in [-0.15, -0.1) is 0 Å². The highest BCUT2D eigenvalue weighted by molar-refractivity contribution is 7.71. The van der Waals surface area contributed by atoms with Crippen LogP contribution in [-0.2, 0) is 0 Å². The Morgan fingerprint density at radius 2 is 2.00 bits per heavy atom. The molecule has 0 amide bonds. The Morgan fingerprint density at radius 3 is 2.56 bits per heavy atom. The molecule has 0 atom stereocenters. The molecule has 1 aromatic carbocycles. The first kappa shape index (κ1) is 11.1. The molecule has 0 aliphatic carbocycles. The molecule has 2 nitrogen and oxygen atoms in total. The second-order valence-electron chi connectivity index (χ2n) is 4.38. The van der Waals surface area contributed by atoms with E-state index < -0.39 is 0 Å². The summed E-state index contributed by atoms with van der Waals surface area (Å²) >= 11 is 5.35. The van der Waals surface area contributed by atoms with Crippen LogP contribution in [0.3, 0.4) is 0 Å². The standard InChI is InChI=1S/C13H16N2S/c1-9(2)12-8-13(16)15(14-12)11-6-4-5-10(3)7-11/h4-9,14H,1-3H3. The first-order valence-corrected chi connectivity index (χ1v) is 5.88. The molecular weight excluding hydrogens is 216 g/mol. The molecule has 0 aliphatic rings. The zero-order chi connectivity index (χ0) is 11.7. The van der Waals surface area contributed by atoms with Gasteiger partial charge >= 0.3 is 0 Å². The maximum atomic E-state index is 5.35. The van der Waals surface area contributed by atoms with Gasteiger partial charge in [-0.1, -0.05) is 38.2 Å². The van der Waals surface area contributed by atoms with Crippen LogP contribution in [0.25, 0.3) is 5.69 Å². The highest BCUT2D eigenvalue weighted by Crippen LogP contribution is 2.16. The molecule has 16 heavy (non-hydrogen) atoms.